The lowest BCUT2D eigenvalue weighted by molar-refractivity contribution is -0.116. The van der Waals surface area contributed by atoms with E-state index in [1.165, 1.54) is 6.33 Å². The zero-order chi connectivity index (χ0) is 19.8. The predicted octanol–water partition coefficient (Wildman–Crippen LogP) is 4.64. The van der Waals surface area contributed by atoms with Gasteiger partial charge in [0, 0.05) is 27.7 Å². The van der Waals surface area contributed by atoms with E-state index in [1.54, 1.807) is 4.68 Å². The zero-order valence-electron chi connectivity index (χ0n) is 15.6. The molecule has 1 unspecified atom stereocenters. The lowest BCUT2D eigenvalue weighted by Gasteiger charge is -2.33. The summed E-state index contributed by atoms with van der Waals surface area (Å²) in [7, 11) is 0. The number of carbonyl (C=O) groups excluding carboxylic acids is 1. The predicted molar refractivity (Wildman–Crippen MR) is 113 cm³/mol. The van der Waals surface area contributed by atoms with Crippen molar-refractivity contribution in [2.75, 3.05) is 5.32 Å². The highest BCUT2D eigenvalue weighted by atomic mass is 79.9. The number of halogens is 1. The fourth-order valence-corrected chi connectivity index (χ4v) is 4.36. The molecule has 2 aliphatic rings. The van der Waals surface area contributed by atoms with Crippen LogP contribution in [0.15, 0.2) is 70.6 Å². The molecule has 146 valence electrons. The summed E-state index contributed by atoms with van der Waals surface area (Å²) in [6, 6.07) is 15.6. The van der Waals surface area contributed by atoms with Crippen LogP contribution in [0.5, 0.6) is 5.75 Å². The number of ether oxygens (including phenoxy) is 1. The topological polar surface area (TPSA) is 69.0 Å². The number of benzene rings is 2. The van der Waals surface area contributed by atoms with E-state index in [2.05, 4.69) is 31.3 Å². The van der Waals surface area contributed by atoms with Crippen LogP contribution in [0.4, 0.5) is 5.95 Å². The van der Waals surface area contributed by atoms with Crippen LogP contribution in [0.25, 0.3) is 0 Å². The molecule has 1 aromatic heterocycles. The number of hydrogen-bond donors (Lipinski definition) is 1. The van der Waals surface area contributed by atoms with Crippen LogP contribution < -0.4 is 10.1 Å². The van der Waals surface area contributed by atoms with E-state index in [4.69, 9.17) is 4.74 Å². The van der Waals surface area contributed by atoms with Crippen LogP contribution in [-0.4, -0.2) is 20.5 Å². The lowest BCUT2D eigenvalue weighted by atomic mass is 9.85. The van der Waals surface area contributed by atoms with Gasteiger partial charge in [0.2, 0.25) is 5.95 Å². The van der Waals surface area contributed by atoms with Gasteiger partial charge in [-0.25, -0.2) is 4.68 Å². The number of carbonyl (C=O) groups is 1. The molecule has 2 aromatic carbocycles. The molecule has 1 atom stereocenters. The van der Waals surface area contributed by atoms with Crippen LogP contribution in [0, 0.1) is 0 Å². The summed E-state index contributed by atoms with van der Waals surface area (Å²) < 4.78 is 8.90. The van der Waals surface area contributed by atoms with Gasteiger partial charge in [0.1, 0.15) is 24.7 Å². The summed E-state index contributed by atoms with van der Waals surface area (Å²) >= 11 is 3.58. The monoisotopic (exact) mass is 450 g/mol. The number of Topliss-reactive ketones (excluding diaryl/α,β-unsaturated/α-hetero) is 1. The number of nitrogens with one attached hydrogen (secondary N) is 1. The van der Waals surface area contributed by atoms with Crippen LogP contribution in [0.3, 0.4) is 0 Å². The fraction of sp³-hybridized carbons (Fsp3) is 0.227. The summed E-state index contributed by atoms with van der Waals surface area (Å²) in [6.07, 6.45) is 3.75. The molecule has 0 radical (unpaired) electrons. The second-order valence-corrected chi connectivity index (χ2v) is 8.10. The molecule has 7 heteroatoms. The number of aromatic nitrogens is 3. The first-order valence-electron chi connectivity index (χ1n) is 9.59. The van der Waals surface area contributed by atoms with E-state index in [1.807, 2.05) is 48.5 Å². The van der Waals surface area contributed by atoms with E-state index < -0.39 is 0 Å². The van der Waals surface area contributed by atoms with Crippen molar-refractivity contribution in [3.8, 4) is 5.75 Å². The number of nitrogens with zero attached hydrogens (tertiary/aromatic N) is 3. The third kappa shape index (κ3) is 3.35. The molecule has 5 rings (SSSR count). The molecule has 0 spiro atoms. The molecule has 1 N–H and O–H groups in total. The molecule has 3 aromatic rings. The van der Waals surface area contributed by atoms with Gasteiger partial charge in [-0.1, -0.05) is 46.3 Å². The van der Waals surface area contributed by atoms with E-state index >= 15 is 0 Å². The minimum Gasteiger partial charge on any atom is -0.489 e. The molecule has 0 bridgehead atoms. The Morgan fingerprint density at radius 1 is 1.17 bits per heavy atom. The third-order valence-electron chi connectivity index (χ3n) is 5.31. The first-order valence-corrected chi connectivity index (χ1v) is 10.4. The first kappa shape index (κ1) is 18.1. The molecule has 2 heterocycles. The van der Waals surface area contributed by atoms with Crippen molar-refractivity contribution in [1.29, 1.82) is 0 Å². The second kappa shape index (κ2) is 7.48. The van der Waals surface area contributed by atoms with Crippen molar-refractivity contribution in [2.24, 2.45) is 0 Å². The summed E-state index contributed by atoms with van der Waals surface area (Å²) in [5.74, 6) is 1.53. The molecule has 1 aliphatic carbocycles. The quantitative estimate of drug-likeness (QED) is 0.626. The summed E-state index contributed by atoms with van der Waals surface area (Å²) in [4.78, 5) is 17.2. The summed E-state index contributed by atoms with van der Waals surface area (Å²) in [5, 5.41) is 7.71. The Hall–Kier alpha value is -2.93. The maximum Gasteiger partial charge on any atom is 0.226 e. The van der Waals surface area contributed by atoms with Crippen LogP contribution in [0.2, 0.25) is 0 Å². The van der Waals surface area contributed by atoms with Gasteiger partial charge >= 0.3 is 0 Å². The average Bonchev–Trinajstić information content (AvgIpc) is 3.20. The SMILES string of the molecule is O=C1CCCC2=C1C(c1cc(Br)ccc1OCc1ccccc1)n1ncnc1N2. The van der Waals surface area contributed by atoms with Crippen molar-refractivity contribution in [1.82, 2.24) is 14.8 Å². The highest BCUT2D eigenvalue weighted by molar-refractivity contribution is 9.10. The van der Waals surface area contributed by atoms with E-state index in [9.17, 15) is 4.79 Å². The smallest absolute Gasteiger partial charge is 0.226 e. The number of rotatable bonds is 4. The Kier molecular flexibility index (Phi) is 4.67. The molecule has 0 amide bonds. The van der Waals surface area contributed by atoms with Crippen molar-refractivity contribution < 1.29 is 9.53 Å². The fourth-order valence-electron chi connectivity index (χ4n) is 3.98. The van der Waals surface area contributed by atoms with Crippen LogP contribution in [-0.2, 0) is 11.4 Å². The van der Waals surface area contributed by atoms with Gasteiger partial charge in [-0.15, -0.1) is 0 Å². The average molecular weight is 451 g/mol. The van der Waals surface area contributed by atoms with Gasteiger partial charge in [-0.3, -0.25) is 4.79 Å². The summed E-state index contributed by atoms with van der Waals surface area (Å²) in [5.41, 5.74) is 3.69. The minimum atomic E-state index is -0.361. The Bertz CT molecular complexity index is 1110. The molecule has 1 aliphatic heterocycles. The molecule has 0 fully saturated rings. The number of fused-ring (bicyclic) bond motifs is 1. The van der Waals surface area contributed by atoms with Gasteiger partial charge in [-0.2, -0.15) is 10.1 Å². The number of hydrogen-bond acceptors (Lipinski definition) is 5. The maximum atomic E-state index is 12.9. The third-order valence-corrected chi connectivity index (χ3v) is 5.81. The Morgan fingerprint density at radius 3 is 2.90 bits per heavy atom. The van der Waals surface area contributed by atoms with Crippen molar-refractivity contribution >= 4 is 27.7 Å². The normalized spacial score (nSPS) is 18.1. The maximum absolute atomic E-state index is 12.9. The van der Waals surface area contributed by atoms with Crippen LogP contribution in [0.1, 0.15) is 36.4 Å². The van der Waals surface area contributed by atoms with Gasteiger partial charge in [0.05, 0.1) is 0 Å². The minimum absolute atomic E-state index is 0.152. The zero-order valence-corrected chi connectivity index (χ0v) is 17.2. The number of ketones is 1. The Balaban J connectivity index is 1.60. The van der Waals surface area contributed by atoms with E-state index in [0.717, 1.165) is 45.5 Å². The lowest BCUT2D eigenvalue weighted by Crippen LogP contribution is -2.31. The number of allylic oxidation sites excluding steroid dienone is 2. The molecule has 29 heavy (non-hydrogen) atoms. The van der Waals surface area contributed by atoms with Crippen LogP contribution >= 0.6 is 15.9 Å². The largest absolute Gasteiger partial charge is 0.489 e. The van der Waals surface area contributed by atoms with E-state index in [-0.39, 0.29) is 11.8 Å². The Morgan fingerprint density at radius 2 is 2.03 bits per heavy atom. The highest BCUT2D eigenvalue weighted by Crippen LogP contribution is 2.43. The highest BCUT2D eigenvalue weighted by Gasteiger charge is 2.37. The molecule has 0 saturated carbocycles. The Labute approximate surface area is 176 Å². The van der Waals surface area contributed by atoms with Crippen molar-refractivity contribution in [3.05, 3.63) is 81.7 Å². The van der Waals surface area contributed by atoms with Gasteiger partial charge in [-0.05, 0) is 36.6 Å². The van der Waals surface area contributed by atoms with Gasteiger partial charge in [0.25, 0.3) is 0 Å². The van der Waals surface area contributed by atoms with Crippen molar-refractivity contribution in [3.63, 3.8) is 0 Å². The molecule has 6 nitrogen and oxygen atoms in total. The number of anilines is 1. The standard InChI is InChI=1S/C22H19BrN4O2/c23-15-9-10-19(29-12-14-5-2-1-3-6-14)16(11-15)21-20-17(7-4-8-18(20)28)26-22-24-13-25-27(21)22/h1-3,5-6,9-11,13,21H,4,7-8,12H2,(H,24,25,26). The van der Waals surface area contributed by atoms with E-state index in [0.29, 0.717) is 19.0 Å². The van der Waals surface area contributed by atoms with Gasteiger partial charge in [0.15, 0.2) is 5.78 Å². The second-order valence-electron chi connectivity index (χ2n) is 7.18. The molecular weight excluding hydrogens is 432 g/mol. The summed E-state index contributed by atoms with van der Waals surface area (Å²) in [6.45, 7) is 0.449. The molecule has 0 saturated heterocycles. The van der Waals surface area contributed by atoms with Gasteiger partial charge < -0.3 is 10.1 Å². The first-order chi connectivity index (χ1) is 14.2. The molecular formula is C22H19BrN4O2. The van der Waals surface area contributed by atoms with Crippen molar-refractivity contribution in [2.45, 2.75) is 31.9 Å².